The van der Waals surface area contributed by atoms with Crippen molar-refractivity contribution in [3.8, 4) is 0 Å². The molecular weight excluding hydrogens is 224 g/mol. The predicted octanol–water partition coefficient (Wildman–Crippen LogP) is 2.58. The highest BCUT2D eigenvalue weighted by Crippen LogP contribution is 2.26. The topological polar surface area (TPSA) is 42.0 Å². The van der Waals surface area contributed by atoms with Crippen LogP contribution in [0.15, 0.2) is 36.5 Å². The molecule has 3 heteroatoms. The van der Waals surface area contributed by atoms with E-state index in [9.17, 15) is 4.79 Å². The standard InChI is InChI=1S/C15H11N2O/c18-15(11-5-1-2-6-11)17-14-9-3-8-13-12(14)7-4-10-16-13/h1-10H,(H,17,18). The molecule has 1 heterocycles. The van der Waals surface area contributed by atoms with Gasteiger partial charge in [0.2, 0.25) is 5.91 Å². The minimum atomic E-state index is -0.101. The van der Waals surface area contributed by atoms with Crippen molar-refractivity contribution < 1.29 is 4.79 Å². The summed E-state index contributed by atoms with van der Waals surface area (Å²) in [6, 6.07) is 9.50. The Labute approximate surface area is 106 Å². The molecule has 87 valence electrons. The summed E-state index contributed by atoms with van der Waals surface area (Å²) >= 11 is 0. The molecule has 1 aliphatic carbocycles. The third kappa shape index (κ3) is 2.08. The Morgan fingerprint density at radius 3 is 2.72 bits per heavy atom. The Morgan fingerprint density at radius 2 is 1.89 bits per heavy atom. The molecule has 0 aliphatic heterocycles. The van der Waals surface area contributed by atoms with Gasteiger partial charge in [-0.1, -0.05) is 6.07 Å². The van der Waals surface area contributed by atoms with Gasteiger partial charge in [0.25, 0.3) is 0 Å². The Balaban J connectivity index is 1.88. The fraction of sp³-hybridized carbons (Fsp3) is 0. The molecule has 3 rings (SSSR count). The zero-order valence-electron chi connectivity index (χ0n) is 9.63. The van der Waals surface area contributed by atoms with Crippen molar-refractivity contribution in [3.05, 3.63) is 68.1 Å². The molecule has 1 aromatic heterocycles. The molecule has 1 fully saturated rings. The van der Waals surface area contributed by atoms with Crippen molar-refractivity contribution in [3.63, 3.8) is 0 Å². The Hall–Kier alpha value is -1.90. The maximum absolute atomic E-state index is 12.0. The van der Waals surface area contributed by atoms with Crippen LogP contribution in [-0.2, 0) is 4.79 Å². The second-order valence-electron chi connectivity index (χ2n) is 4.00. The summed E-state index contributed by atoms with van der Waals surface area (Å²) in [6.45, 7) is 0. The quantitative estimate of drug-likeness (QED) is 0.869. The van der Waals surface area contributed by atoms with Crippen LogP contribution in [-0.4, -0.2) is 10.9 Å². The molecule has 0 unspecified atom stereocenters. The van der Waals surface area contributed by atoms with Crippen molar-refractivity contribution in [2.45, 2.75) is 0 Å². The first-order valence-electron chi connectivity index (χ1n) is 5.71. The summed E-state index contributed by atoms with van der Waals surface area (Å²) < 4.78 is 0. The molecule has 1 saturated carbocycles. The monoisotopic (exact) mass is 235 g/mol. The second kappa shape index (κ2) is 4.77. The van der Waals surface area contributed by atoms with Crippen LogP contribution in [0.2, 0.25) is 0 Å². The molecule has 5 radical (unpaired) electrons. The number of amides is 1. The van der Waals surface area contributed by atoms with Crippen molar-refractivity contribution in [1.29, 1.82) is 0 Å². The maximum Gasteiger partial charge on any atom is 0.232 e. The molecular formula is C15H11N2O. The highest BCUT2D eigenvalue weighted by molar-refractivity contribution is 6.09. The highest BCUT2D eigenvalue weighted by atomic mass is 16.1. The van der Waals surface area contributed by atoms with E-state index in [1.165, 1.54) is 0 Å². The largest absolute Gasteiger partial charge is 0.325 e. The third-order valence-corrected chi connectivity index (χ3v) is 2.82. The van der Waals surface area contributed by atoms with Gasteiger partial charge in [-0.25, -0.2) is 0 Å². The van der Waals surface area contributed by atoms with Crippen LogP contribution < -0.4 is 5.32 Å². The van der Waals surface area contributed by atoms with E-state index in [-0.39, 0.29) is 5.91 Å². The van der Waals surface area contributed by atoms with Crippen molar-refractivity contribution >= 4 is 22.5 Å². The molecule has 2 aromatic rings. The Kier molecular flexibility index (Phi) is 2.97. The lowest BCUT2D eigenvalue weighted by atomic mass is 10.1. The molecule has 0 spiro atoms. The van der Waals surface area contributed by atoms with Gasteiger partial charge >= 0.3 is 0 Å². The summed E-state index contributed by atoms with van der Waals surface area (Å²) in [7, 11) is 0. The van der Waals surface area contributed by atoms with Crippen LogP contribution in [0.5, 0.6) is 0 Å². The number of benzene rings is 1. The van der Waals surface area contributed by atoms with Gasteiger partial charge in [0.15, 0.2) is 0 Å². The number of carbonyl (C=O) groups excluding carboxylic acids is 1. The van der Waals surface area contributed by atoms with Gasteiger partial charge in [-0.3, -0.25) is 9.78 Å². The normalized spacial score (nSPS) is 16.0. The van der Waals surface area contributed by atoms with Crippen molar-refractivity contribution in [1.82, 2.24) is 4.98 Å². The number of rotatable bonds is 2. The summed E-state index contributed by atoms with van der Waals surface area (Å²) in [5.41, 5.74) is 1.66. The van der Waals surface area contributed by atoms with Crippen LogP contribution in [0.3, 0.4) is 0 Å². The van der Waals surface area contributed by atoms with Gasteiger partial charge in [0.1, 0.15) is 0 Å². The molecule has 0 saturated heterocycles. The lowest BCUT2D eigenvalue weighted by Crippen LogP contribution is -2.19. The van der Waals surface area contributed by atoms with E-state index >= 15 is 0 Å². The molecule has 0 bridgehead atoms. The lowest BCUT2D eigenvalue weighted by Gasteiger charge is -2.11. The minimum Gasteiger partial charge on any atom is -0.325 e. The number of aromatic nitrogens is 1. The maximum atomic E-state index is 12.0. The smallest absolute Gasteiger partial charge is 0.232 e. The van der Waals surface area contributed by atoms with Gasteiger partial charge in [-0.15, -0.1) is 0 Å². The van der Waals surface area contributed by atoms with Gasteiger partial charge in [0.05, 0.1) is 17.1 Å². The number of hydrogen-bond donors (Lipinski definition) is 1. The highest BCUT2D eigenvalue weighted by Gasteiger charge is 2.24. The zero-order valence-corrected chi connectivity index (χ0v) is 9.63. The number of pyridine rings is 1. The number of nitrogens with one attached hydrogen (secondary N) is 1. The first kappa shape index (κ1) is 11.2. The number of nitrogens with zero attached hydrogens (tertiary/aromatic N) is 1. The Morgan fingerprint density at radius 1 is 1.06 bits per heavy atom. The summed E-state index contributed by atoms with van der Waals surface area (Å²) in [5.74, 6) is 0.562. The van der Waals surface area contributed by atoms with Gasteiger partial charge in [-0.2, -0.15) is 0 Å². The average molecular weight is 235 g/mol. The number of anilines is 1. The van der Waals surface area contributed by atoms with E-state index in [0.29, 0.717) is 5.92 Å². The van der Waals surface area contributed by atoms with Gasteiger partial charge in [-0.05, 0) is 49.9 Å². The van der Waals surface area contributed by atoms with E-state index in [1.807, 2.05) is 43.2 Å². The van der Waals surface area contributed by atoms with Crippen LogP contribution in [0, 0.1) is 31.6 Å². The molecule has 1 N–H and O–H groups in total. The molecule has 1 amide bonds. The molecule has 0 atom stereocenters. The number of fused-ring (bicyclic) bond motifs is 1. The average Bonchev–Trinajstić information content (AvgIpc) is 2.93. The van der Waals surface area contributed by atoms with E-state index in [1.54, 1.807) is 19.0 Å². The van der Waals surface area contributed by atoms with Crippen molar-refractivity contribution in [2.75, 3.05) is 5.32 Å². The molecule has 1 aliphatic rings. The first-order valence-corrected chi connectivity index (χ1v) is 5.71. The zero-order chi connectivity index (χ0) is 12.4. The second-order valence-corrected chi connectivity index (χ2v) is 4.00. The summed E-state index contributed by atoms with van der Waals surface area (Å²) in [4.78, 5) is 16.2. The fourth-order valence-electron chi connectivity index (χ4n) is 1.93. The van der Waals surface area contributed by atoms with Crippen LogP contribution in [0.4, 0.5) is 5.69 Å². The SMILES string of the molecule is O=C(Nc1cccc2ncccc12)[C]1[CH][CH][CH][CH]1. The van der Waals surface area contributed by atoms with Crippen LogP contribution in [0.1, 0.15) is 0 Å². The van der Waals surface area contributed by atoms with E-state index in [0.717, 1.165) is 16.6 Å². The fourth-order valence-corrected chi connectivity index (χ4v) is 1.93. The third-order valence-electron chi connectivity index (χ3n) is 2.82. The van der Waals surface area contributed by atoms with Gasteiger partial charge < -0.3 is 5.32 Å². The molecule has 3 nitrogen and oxygen atoms in total. The van der Waals surface area contributed by atoms with E-state index in [4.69, 9.17) is 0 Å². The molecule has 1 aromatic carbocycles. The summed E-state index contributed by atoms with van der Waals surface area (Å²) in [5, 5.41) is 3.85. The van der Waals surface area contributed by atoms with Crippen LogP contribution in [0.25, 0.3) is 10.9 Å². The predicted molar refractivity (Wildman–Crippen MR) is 70.8 cm³/mol. The van der Waals surface area contributed by atoms with E-state index < -0.39 is 0 Å². The van der Waals surface area contributed by atoms with Gasteiger partial charge in [0, 0.05) is 11.6 Å². The Bertz CT molecular complexity index is 568. The molecule has 18 heavy (non-hydrogen) atoms. The van der Waals surface area contributed by atoms with Crippen molar-refractivity contribution in [2.24, 2.45) is 0 Å². The minimum absolute atomic E-state index is 0.101. The summed E-state index contributed by atoms with van der Waals surface area (Å²) in [6.07, 6.45) is 9.02. The lowest BCUT2D eigenvalue weighted by molar-refractivity contribution is -0.113. The van der Waals surface area contributed by atoms with E-state index in [2.05, 4.69) is 10.3 Å². The number of carbonyl (C=O) groups is 1. The first-order chi connectivity index (χ1) is 8.84. The van der Waals surface area contributed by atoms with Crippen LogP contribution >= 0.6 is 0 Å². The number of hydrogen-bond acceptors (Lipinski definition) is 2.